The summed E-state index contributed by atoms with van der Waals surface area (Å²) >= 11 is 1.44. The van der Waals surface area contributed by atoms with Crippen LogP contribution >= 0.6 is 11.3 Å². The van der Waals surface area contributed by atoms with E-state index in [4.69, 9.17) is 0 Å². The number of anilines is 2. The molecule has 0 aliphatic carbocycles. The lowest BCUT2D eigenvalue weighted by atomic mass is 10.2. The summed E-state index contributed by atoms with van der Waals surface area (Å²) in [6.45, 7) is 3.32. The molecule has 2 N–H and O–H groups in total. The summed E-state index contributed by atoms with van der Waals surface area (Å²) in [5.74, 6) is -0.253. The quantitative estimate of drug-likeness (QED) is 0.723. The summed E-state index contributed by atoms with van der Waals surface area (Å²) < 4.78 is 0. The molecule has 1 aliphatic heterocycles. The second-order valence-corrected chi connectivity index (χ2v) is 7.15. The Labute approximate surface area is 160 Å². The highest BCUT2D eigenvalue weighted by molar-refractivity contribution is 7.13. The van der Waals surface area contributed by atoms with Crippen LogP contribution in [0.25, 0.3) is 10.6 Å². The molecule has 3 aromatic rings. The molecule has 0 atom stereocenters. The van der Waals surface area contributed by atoms with Crippen LogP contribution in [-0.2, 0) is 0 Å². The number of rotatable bonds is 4. The van der Waals surface area contributed by atoms with Crippen molar-refractivity contribution in [2.24, 2.45) is 0 Å². The third-order valence-corrected chi connectivity index (χ3v) is 5.22. The minimum absolute atomic E-state index is 0.0992. The largest absolute Gasteiger partial charge is 0.336 e. The molecular formula is C20H18N4O2S. The molecule has 1 aliphatic rings. The van der Waals surface area contributed by atoms with Crippen LogP contribution in [0, 0.1) is 6.92 Å². The number of benzene rings is 2. The van der Waals surface area contributed by atoms with Crippen LogP contribution in [0.2, 0.25) is 0 Å². The van der Waals surface area contributed by atoms with Crippen molar-refractivity contribution in [2.45, 2.75) is 6.92 Å². The van der Waals surface area contributed by atoms with Crippen molar-refractivity contribution in [1.82, 2.24) is 10.3 Å². The summed E-state index contributed by atoms with van der Waals surface area (Å²) in [6, 6.07) is 15.2. The van der Waals surface area contributed by atoms with Gasteiger partial charge in [-0.3, -0.25) is 9.69 Å². The van der Waals surface area contributed by atoms with E-state index in [1.54, 1.807) is 22.4 Å². The van der Waals surface area contributed by atoms with Gasteiger partial charge in [0.1, 0.15) is 10.7 Å². The van der Waals surface area contributed by atoms with Crippen molar-refractivity contribution in [1.29, 1.82) is 0 Å². The van der Waals surface area contributed by atoms with E-state index >= 15 is 0 Å². The first-order chi connectivity index (χ1) is 13.1. The van der Waals surface area contributed by atoms with E-state index in [2.05, 4.69) is 15.6 Å². The van der Waals surface area contributed by atoms with Gasteiger partial charge in [-0.15, -0.1) is 11.3 Å². The van der Waals surface area contributed by atoms with Crippen LogP contribution < -0.4 is 15.5 Å². The molecule has 0 radical (unpaired) electrons. The molecule has 1 fully saturated rings. The number of aromatic nitrogens is 1. The van der Waals surface area contributed by atoms with Gasteiger partial charge in [-0.2, -0.15) is 0 Å². The number of nitrogens with zero attached hydrogens (tertiary/aromatic N) is 2. The maximum absolute atomic E-state index is 12.5. The molecule has 0 saturated carbocycles. The molecule has 1 aromatic heterocycles. The van der Waals surface area contributed by atoms with Gasteiger partial charge in [0.25, 0.3) is 5.91 Å². The number of aryl methyl sites for hydroxylation is 1. The average Bonchev–Trinajstić information content (AvgIpc) is 3.32. The Morgan fingerprint density at radius 2 is 1.89 bits per heavy atom. The van der Waals surface area contributed by atoms with Crippen molar-refractivity contribution >= 4 is 34.6 Å². The molecule has 136 valence electrons. The highest BCUT2D eigenvalue weighted by Crippen LogP contribution is 2.25. The van der Waals surface area contributed by atoms with Crippen LogP contribution in [-0.4, -0.2) is 30.0 Å². The highest BCUT2D eigenvalue weighted by Gasteiger charge is 2.21. The van der Waals surface area contributed by atoms with Gasteiger partial charge in [0.2, 0.25) is 0 Å². The van der Waals surface area contributed by atoms with E-state index < -0.39 is 0 Å². The van der Waals surface area contributed by atoms with E-state index in [0.29, 0.717) is 24.5 Å². The zero-order chi connectivity index (χ0) is 18.8. The molecule has 27 heavy (non-hydrogen) atoms. The molecule has 2 heterocycles. The third kappa shape index (κ3) is 3.68. The topological polar surface area (TPSA) is 74.3 Å². The van der Waals surface area contributed by atoms with E-state index in [9.17, 15) is 9.59 Å². The number of urea groups is 1. The number of carbonyl (C=O) groups excluding carboxylic acids is 2. The molecule has 1 saturated heterocycles. The van der Waals surface area contributed by atoms with Gasteiger partial charge in [0.15, 0.2) is 0 Å². The molecule has 7 heteroatoms. The molecule has 2 aromatic carbocycles. The van der Waals surface area contributed by atoms with Gasteiger partial charge in [-0.05, 0) is 31.2 Å². The van der Waals surface area contributed by atoms with E-state index in [-0.39, 0.29) is 11.9 Å². The van der Waals surface area contributed by atoms with Crippen molar-refractivity contribution < 1.29 is 9.59 Å². The lowest BCUT2D eigenvalue weighted by Gasteiger charge is -2.14. The molecule has 4 rings (SSSR count). The summed E-state index contributed by atoms with van der Waals surface area (Å²) in [6.07, 6.45) is 0. The Hall–Kier alpha value is -3.19. The minimum atomic E-state index is -0.253. The third-order valence-electron chi connectivity index (χ3n) is 4.33. The summed E-state index contributed by atoms with van der Waals surface area (Å²) in [5, 5.41) is 8.19. The number of thiazole rings is 1. The van der Waals surface area contributed by atoms with Crippen LogP contribution in [0.3, 0.4) is 0 Å². The fourth-order valence-corrected chi connectivity index (χ4v) is 3.65. The first-order valence-electron chi connectivity index (χ1n) is 8.59. The van der Waals surface area contributed by atoms with E-state index in [0.717, 1.165) is 16.3 Å². The van der Waals surface area contributed by atoms with Crippen molar-refractivity contribution in [2.75, 3.05) is 23.3 Å². The lowest BCUT2D eigenvalue weighted by molar-refractivity contribution is 0.102. The monoisotopic (exact) mass is 378 g/mol. The van der Waals surface area contributed by atoms with Gasteiger partial charge in [-0.25, -0.2) is 9.78 Å². The Balaban J connectivity index is 1.45. The first-order valence-corrected chi connectivity index (χ1v) is 9.47. The Morgan fingerprint density at radius 1 is 1.15 bits per heavy atom. The van der Waals surface area contributed by atoms with Crippen molar-refractivity contribution in [3.63, 3.8) is 0 Å². The Morgan fingerprint density at radius 3 is 2.56 bits per heavy atom. The predicted molar refractivity (Wildman–Crippen MR) is 107 cm³/mol. The number of nitrogens with one attached hydrogen (secondary N) is 2. The zero-order valence-electron chi connectivity index (χ0n) is 14.7. The molecule has 0 unspecified atom stereocenters. The molecule has 0 bridgehead atoms. The number of hydrogen-bond donors (Lipinski definition) is 2. The fraction of sp³-hybridized carbons (Fsp3) is 0.150. The maximum atomic E-state index is 12.5. The molecule has 0 spiro atoms. The Kier molecular flexibility index (Phi) is 4.60. The zero-order valence-corrected chi connectivity index (χ0v) is 15.5. The SMILES string of the molecule is Cc1ccc(-c2nc(C(=O)Nc3ccc(N4CCNC4=O)cc3)cs2)cc1. The maximum Gasteiger partial charge on any atom is 0.321 e. The van der Waals surface area contributed by atoms with E-state index in [1.165, 1.54) is 16.9 Å². The standard InChI is InChI=1S/C20H18N4O2S/c1-13-2-4-14(5-3-13)19-23-17(12-27-19)18(25)22-15-6-8-16(9-7-15)24-11-10-21-20(24)26/h2-9,12H,10-11H2,1H3,(H,21,26)(H,22,25). The first kappa shape index (κ1) is 17.2. The van der Waals surface area contributed by atoms with Gasteiger partial charge >= 0.3 is 6.03 Å². The minimum Gasteiger partial charge on any atom is -0.336 e. The van der Waals surface area contributed by atoms with Crippen LogP contribution in [0.5, 0.6) is 0 Å². The van der Waals surface area contributed by atoms with Crippen molar-refractivity contribution in [3.8, 4) is 10.6 Å². The van der Waals surface area contributed by atoms with Crippen LogP contribution in [0.15, 0.2) is 53.9 Å². The summed E-state index contributed by atoms with van der Waals surface area (Å²) in [7, 11) is 0. The summed E-state index contributed by atoms with van der Waals surface area (Å²) in [5.41, 5.74) is 4.03. The molecule has 6 nitrogen and oxygen atoms in total. The van der Waals surface area contributed by atoms with Crippen LogP contribution in [0.4, 0.5) is 16.2 Å². The normalized spacial score (nSPS) is 13.5. The second-order valence-electron chi connectivity index (χ2n) is 6.29. The number of amides is 3. The van der Waals surface area contributed by atoms with Gasteiger partial charge < -0.3 is 10.6 Å². The highest BCUT2D eigenvalue weighted by atomic mass is 32.1. The smallest absolute Gasteiger partial charge is 0.321 e. The average molecular weight is 378 g/mol. The van der Waals surface area contributed by atoms with Gasteiger partial charge in [-0.1, -0.05) is 29.8 Å². The van der Waals surface area contributed by atoms with Crippen LogP contribution in [0.1, 0.15) is 16.1 Å². The summed E-state index contributed by atoms with van der Waals surface area (Å²) in [4.78, 5) is 30.3. The predicted octanol–water partition coefficient (Wildman–Crippen LogP) is 3.90. The van der Waals surface area contributed by atoms with Gasteiger partial charge in [0, 0.05) is 35.4 Å². The number of carbonyl (C=O) groups is 2. The Bertz CT molecular complexity index is 980. The van der Waals surface area contributed by atoms with E-state index in [1.807, 2.05) is 43.3 Å². The second kappa shape index (κ2) is 7.20. The molecular weight excluding hydrogens is 360 g/mol. The number of hydrogen-bond acceptors (Lipinski definition) is 4. The fourth-order valence-electron chi connectivity index (χ4n) is 2.84. The lowest BCUT2D eigenvalue weighted by Crippen LogP contribution is -2.27. The van der Waals surface area contributed by atoms with Crippen molar-refractivity contribution in [3.05, 3.63) is 65.2 Å². The van der Waals surface area contributed by atoms with Gasteiger partial charge in [0.05, 0.1) is 0 Å². The molecule has 3 amide bonds.